The number of para-hydroxylation sites is 1. The Morgan fingerprint density at radius 1 is 1.43 bits per heavy atom. The summed E-state index contributed by atoms with van der Waals surface area (Å²) < 4.78 is 1.66. The Labute approximate surface area is 122 Å². The Kier molecular flexibility index (Phi) is 3.57. The third-order valence-corrected chi connectivity index (χ3v) is 3.82. The maximum atomic E-state index is 11.3. The number of anilines is 1. The van der Waals surface area contributed by atoms with Crippen molar-refractivity contribution in [3.8, 4) is 0 Å². The number of rotatable bonds is 4. The van der Waals surface area contributed by atoms with E-state index in [-0.39, 0.29) is 5.69 Å². The van der Waals surface area contributed by atoms with Gasteiger partial charge in [0.1, 0.15) is 0 Å². The molecule has 1 unspecified atom stereocenters. The van der Waals surface area contributed by atoms with Crippen LogP contribution >= 0.6 is 0 Å². The van der Waals surface area contributed by atoms with E-state index in [4.69, 9.17) is 5.84 Å². The van der Waals surface area contributed by atoms with E-state index in [0.29, 0.717) is 12.6 Å². The zero-order chi connectivity index (χ0) is 14.8. The fraction of sp³-hybridized carbons (Fsp3) is 0.357. The molecule has 1 atom stereocenters. The van der Waals surface area contributed by atoms with Crippen LogP contribution in [0, 0.1) is 0 Å². The van der Waals surface area contributed by atoms with E-state index in [1.807, 2.05) is 5.43 Å². The lowest BCUT2D eigenvalue weighted by atomic mass is 10.1. The molecule has 0 bridgehead atoms. The minimum absolute atomic E-state index is 0.229. The molecule has 0 saturated carbocycles. The summed E-state index contributed by atoms with van der Waals surface area (Å²) in [4.78, 5) is 13.7. The molecule has 0 aliphatic carbocycles. The Hall–Kier alpha value is -2.41. The SMILES string of the molecule is CC1Cc2ccccc2N1CCn1cc(C(=O)NN)nn1. The van der Waals surface area contributed by atoms with Gasteiger partial charge in [0.05, 0.1) is 12.7 Å². The molecule has 1 aromatic carbocycles. The summed E-state index contributed by atoms with van der Waals surface area (Å²) in [6.45, 7) is 3.71. The fourth-order valence-corrected chi connectivity index (χ4v) is 2.77. The number of amides is 1. The fourth-order valence-electron chi connectivity index (χ4n) is 2.77. The number of nitrogens with zero attached hydrogens (tertiary/aromatic N) is 4. The van der Waals surface area contributed by atoms with Crippen molar-refractivity contribution in [1.29, 1.82) is 0 Å². The highest BCUT2D eigenvalue weighted by Gasteiger charge is 2.25. The van der Waals surface area contributed by atoms with E-state index in [1.54, 1.807) is 10.9 Å². The van der Waals surface area contributed by atoms with Crippen LogP contribution in [0.3, 0.4) is 0 Å². The van der Waals surface area contributed by atoms with Gasteiger partial charge in [0.15, 0.2) is 5.69 Å². The highest BCUT2D eigenvalue weighted by molar-refractivity contribution is 5.91. The van der Waals surface area contributed by atoms with E-state index in [0.717, 1.165) is 13.0 Å². The molecule has 0 spiro atoms. The molecule has 1 aromatic heterocycles. The van der Waals surface area contributed by atoms with Crippen LogP contribution in [-0.4, -0.2) is 33.5 Å². The molecule has 110 valence electrons. The number of hydrogen-bond donors (Lipinski definition) is 2. The zero-order valence-electron chi connectivity index (χ0n) is 11.9. The van der Waals surface area contributed by atoms with Crippen molar-refractivity contribution in [3.05, 3.63) is 41.7 Å². The summed E-state index contributed by atoms with van der Waals surface area (Å²) in [6, 6.07) is 8.92. The molecule has 7 heteroatoms. The van der Waals surface area contributed by atoms with E-state index < -0.39 is 5.91 Å². The number of fused-ring (bicyclic) bond motifs is 1. The number of carbonyl (C=O) groups excluding carboxylic acids is 1. The number of hydrogen-bond acceptors (Lipinski definition) is 5. The lowest BCUT2D eigenvalue weighted by Crippen LogP contribution is -2.32. The van der Waals surface area contributed by atoms with Crippen molar-refractivity contribution in [1.82, 2.24) is 20.4 Å². The number of benzene rings is 1. The maximum absolute atomic E-state index is 11.3. The van der Waals surface area contributed by atoms with E-state index in [1.165, 1.54) is 11.3 Å². The standard InChI is InChI=1S/C14H18N6O/c1-10-8-11-4-2-3-5-13(11)20(10)7-6-19-9-12(17-18-19)14(21)16-15/h2-5,9-10H,6-8,15H2,1H3,(H,16,21). The topological polar surface area (TPSA) is 89.1 Å². The minimum Gasteiger partial charge on any atom is -0.366 e. The second-order valence-corrected chi connectivity index (χ2v) is 5.22. The second-order valence-electron chi connectivity index (χ2n) is 5.22. The number of nitrogens with one attached hydrogen (secondary N) is 1. The van der Waals surface area contributed by atoms with Crippen LogP contribution in [0.15, 0.2) is 30.5 Å². The molecule has 2 aromatic rings. The van der Waals surface area contributed by atoms with Crippen LogP contribution in [0.1, 0.15) is 23.0 Å². The molecule has 1 amide bonds. The molecule has 3 N–H and O–H groups in total. The van der Waals surface area contributed by atoms with E-state index >= 15 is 0 Å². The molecule has 0 fully saturated rings. The van der Waals surface area contributed by atoms with Crippen molar-refractivity contribution in [3.63, 3.8) is 0 Å². The average Bonchev–Trinajstić information content (AvgIpc) is 3.08. The quantitative estimate of drug-likeness (QED) is 0.480. The Balaban J connectivity index is 1.68. The Morgan fingerprint density at radius 2 is 2.24 bits per heavy atom. The molecule has 0 saturated heterocycles. The first kappa shape index (κ1) is 13.6. The minimum atomic E-state index is -0.430. The van der Waals surface area contributed by atoms with E-state index in [9.17, 15) is 4.79 Å². The summed E-state index contributed by atoms with van der Waals surface area (Å²) in [5, 5.41) is 7.75. The van der Waals surface area contributed by atoms with Crippen molar-refractivity contribution in [2.75, 3.05) is 11.4 Å². The number of aromatic nitrogens is 3. The summed E-state index contributed by atoms with van der Waals surface area (Å²) in [5.74, 6) is 4.64. The normalized spacial score (nSPS) is 16.9. The van der Waals surface area contributed by atoms with Crippen molar-refractivity contribution < 1.29 is 4.79 Å². The molecule has 2 heterocycles. The summed E-state index contributed by atoms with van der Waals surface area (Å²) in [7, 11) is 0. The predicted molar refractivity (Wildman–Crippen MR) is 78.6 cm³/mol. The lowest BCUT2D eigenvalue weighted by Gasteiger charge is -2.24. The van der Waals surface area contributed by atoms with Gasteiger partial charge in [0, 0.05) is 18.3 Å². The molecule has 1 aliphatic heterocycles. The van der Waals surface area contributed by atoms with Gasteiger partial charge in [-0.05, 0) is 25.0 Å². The van der Waals surface area contributed by atoms with Gasteiger partial charge in [0.25, 0.3) is 5.91 Å². The lowest BCUT2D eigenvalue weighted by molar-refractivity contribution is 0.0948. The number of nitrogen functional groups attached to an aromatic ring is 1. The first-order valence-electron chi connectivity index (χ1n) is 6.94. The summed E-state index contributed by atoms with van der Waals surface area (Å²) in [6.07, 6.45) is 2.67. The third-order valence-electron chi connectivity index (χ3n) is 3.82. The summed E-state index contributed by atoms with van der Waals surface area (Å²) >= 11 is 0. The smallest absolute Gasteiger partial charge is 0.287 e. The molecule has 1 aliphatic rings. The van der Waals surface area contributed by atoms with Crippen LogP contribution < -0.4 is 16.2 Å². The first-order valence-corrected chi connectivity index (χ1v) is 6.94. The summed E-state index contributed by atoms with van der Waals surface area (Å²) in [5.41, 5.74) is 4.94. The van der Waals surface area contributed by atoms with Gasteiger partial charge >= 0.3 is 0 Å². The number of carbonyl (C=O) groups is 1. The number of nitrogens with two attached hydrogens (primary N) is 1. The Morgan fingerprint density at radius 3 is 3.05 bits per heavy atom. The van der Waals surface area contributed by atoms with E-state index in [2.05, 4.69) is 46.4 Å². The van der Waals surface area contributed by atoms with Crippen LogP contribution in [0.4, 0.5) is 5.69 Å². The number of hydrazine groups is 1. The molecule has 7 nitrogen and oxygen atoms in total. The monoisotopic (exact) mass is 286 g/mol. The van der Waals surface area contributed by atoms with Crippen LogP contribution in [0.5, 0.6) is 0 Å². The van der Waals surface area contributed by atoms with Gasteiger partial charge in [-0.3, -0.25) is 10.2 Å². The van der Waals surface area contributed by atoms with Gasteiger partial charge in [-0.25, -0.2) is 10.5 Å². The van der Waals surface area contributed by atoms with Crippen molar-refractivity contribution >= 4 is 11.6 Å². The van der Waals surface area contributed by atoms with Gasteiger partial charge in [-0.1, -0.05) is 23.4 Å². The van der Waals surface area contributed by atoms with Gasteiger partial charge in [-0.15, -0.1) is 5.10 Å². The maximum Gasteiger partial charge on any atom is 0.287 e. The highest BCUT2D eigenvalue weighted by atomic mass is 16.2. The third kappa shape index (κ3) is 2.59. The average molecular weight is 286 g/mol. The van der Waals surface area contributed by atoms with Crippen LogP contribution in [0.2, 0.25) is 0 Å². The first-order chi connectivity index (χ1) is 10.2. The Bertz CT molecular complexity index is 652. The van der Waals surface area contributed by atoms with Gasteiger partial charge in [0.2, 0.25) is 0 Å². The molecule has 21 heavy (non-hydrogen) atoms. The highest BCUT2D eigenvalue weighted by Crippen LogP contribution is 2.31. The van der Waals surface area contributed by atoms with Crippen molar-refractivity contribution in [2.24, 2.45) is 5.84 Å². The second kappa shape index (κ2) is 5.53. The van der Waals surface area contributed by atoms with Crippen molar-refractivity contribution in [2.45, 2.75) is 25.9 Å². The molecular weight excluding hydrogens is 268 g/mol. The van der Waals surface area contributed by atoms with Gasteiger partial charge < -0.3 is 4.90 Å². The largest absolute Gasteiger partial charge is 0.366 e. The molecule has 3 rings (SSSR count). The molecule has 0 radical (unpaired) electrons. The van der Waals surface area contributed by atoms with Crippen LogP contribution in [0.25, 0.3) is 0 Å². The molecular formula is C14H18N6O. The zero-order valence-corrected chi connectivity index (χ0v) is 11.9. The van der Waals surface area contributed by atoms with Gasteiger partial charge in [-0.2, -0.15) is 0 Å². The van der Waals surface area contributed by atoms with Crippen LogP contribution in [-0.2, 0) is 13.0 Å². The predicted octanol–water partition coefficient (Wildman–Crippen LogP) is 0.333.